The SMILES string of the molecule is CN1CCN(c2nccc(/C(C#N)=C3\Nc4ccccc4S3)n2)CC1.O=C(O)C(F)(F)F.O=C(O)C(F)(F)F. The molecule has 210 valence electrons. The van der Waals surface area contributed by atoms with E-state index in [9.17, 15) is 31.6 Å². The number of thioether (sulfide) groups is 1. The van der Waals surface area contributed by atoms with E-state index in [4.69, 9.17) is 19.8 Å². The number of allylic oxidation sites excluding steroid dienone is 1. The Kier molecular flexibility index (Phi) is 10.5. The molecule has 1 aromatic heterocycles. The normalized spacial score (nSPS) is 16.3. The summed E-state index contributed by atoms with van der Waals surface area (Å²) in [5.41, 5.74) is 2.25. The smallest absolute Gasteiger partial charge is 0.475 e. The van der Waals surface area contributed by atoms with Crippen molar-refractivity contribution in [1.82, 2.24) is 14.9 Å². The number of nitriles is 1. The number of nitrogens with one attached hydrogen (secondary N) is 1. The third-order valence-corrected chi connectivity index (χ3v) is 5.94. The van der Waals surface area contributed by atoms with E-state index in [1.807, 2.05) is 24.3 Å². The largest absolute Gasteiger partial charge is 0.490 e. The molecule has 2 aliphatic rings. The number of carboxylic acids is 2. The van der Waals surface area contributed by atoms with Crippen molar-refractivity contribution in [3.05, 3.63) is 47.3 Å². The van der Waals surface area contributed by atoms with Gasteiger partial charge in [0.05, 0.1) is 16.4 Å². The van der Waals surface area contributed by atoms with Gasteiger partial charge in [-0.25, -0.2) is 19.6 Å². The van der Waals surface area contributed by atoms with Gasteiger partial charge >= 0.3 is 24.3 Å². The molecule has 0 saturated carbocycles. The van der Waals surface area contributed by atoms with Gasteiger partial charge in [-0.2, -0.15) is 31.6 Å². The highest BCUT2D eigenvalue weighted by Gasteiger charge is 2.38. The maximum absolute atomic E-state index is 10.6. The maximum atomic E-state index is 10.6. The lowest BCUT2D eigenvalue weighted by atomic mass is 10.2. The first-order chi connectivity index (χ1) is 18.1. The summed E-state index contributed by atoms with van der Waals surface area (Å²) >= 11 is 1.57. The Morgan fingerprint density at radius 2 is 1.54 bits per heavy atom. The highest BCUT2D eigenvalue weighted by molar-refractivity contribution is 8.04. The number of likely N-dealkylation sites (N-methyl/N-ethyl adjacent to an activating group) is 1. The number of carbonyl (C=O) groups is 2. The Hall–Kier alpha value is -4.04. The zero-order chi connectivity index (χ0) is 29.4. The van der Waals surface area contributed by atoms with Crippen molar-refractivity contribution in [2.45, 2.75) is 17.2 Å². The molecule has 17 heteroatoms. The second-order valence-corrected chi connectivity index (χ2v) is 8.73. The first kappa shape index (κ1) is 31.2. The maximum Gasteiger partial charge on any atom is 0.490 e. The third kappa shape index (κ3) is 9.33. The van der Waals surface area contributed by atoms with Crippen molar-refractivity contribution >= 4 is 40.9 Å². The molecule has 2 aromatic rings. The average molecular weight is 578 g/mol. The van der Waals surface area contributed by atoms with Crippen molar-refractivity contribution in [3.8, 4) is 6.07 Å². The number of piperazine rings is 1. The van der Waals surface area contributed by atoms with Crippen molar-refractivity contribution in [1.29, 1.82) is 5.26 Å². The molecule has 0 unspecified atom stereocenters. The van der Waals surface area contributed by atoms with E-state index in [0.29, 0.717) is 17.2 Å². The van der Waals surface area contributed by atoms with Gasteiger partial charge in [0, 0.05) is 37.3 Å². The van der Waals surface area contributed by atoms with Gasteiger partial charge in [-0.15, -0.1) is 0 Å². The third-order valence-electron chi connectivity index (χ3n) is 4.86. The molecule has 3 N–H and O–H groups in total. The zero-order valence-electron chi connectivity index (χ0n) is 19.9. The average Bonchev–Trinajstić information content (AvgIpc) is 3.28. The molecule has 1 aromatic carbocycles. The van der Waals surface area contributed by atoms with Crippen molar-refractivity contribution < 1.29 is 46.1 Å². The van der Waals surface area contributed by atoms with E-state index in [-0.39, 0.29) is 0 Å². The topological polar surface area (TPSA) is 143 Å². The summed E-state index contributed by atoms with van der Waals surface area (Å²) < 4.78 is 63.5. The van der Waals surface area contributed by atoms with Gasteiger partial charge in [-0.05, 0) is 25.2 Å². The molecule has 39 heavy (non-hydrogen) atoms. The Morgan fingerprint density at radius 3 is 2.03 bits per heavy atom. The molecule has 1 saturated heterocycles. The quantitative estimate of drug-likeness (QED) is 0.353. The van der Waals surface area contributed by atoms with E-state index < -0.39 is 24.3 Å². The molecule has 0 atom stereocenters. The van der Waals surface area contributed by atoms with Crippen molar-refractivity contribution in [2.24, 2.45) is 0 Å². The molecule has 0 spiro atoms. The number of hydrogen-bond donors (Lipinski definition) is 3. The van der Waals surface area contributed by atoms with Crippen LogP contribution in [0, 0.1) is 11.3 Å². The number of hydrogen-bond acceptors (Lipinski definition) is 9. The van der Waals surface area contributed by atoms with Gasteiger partial charge in [0.2, 0.25) is 5.95 Å². The second-order valence-electron chi connectivity index (χ2n) is 7.68. The Labute approximate surface area is 221 Å². The molecule has 2 aliphatic heterocycles. The number of halogens is 6. The summed E-state index contributed by atoms with van der Waals surface area (Å²) in [7, 11) is 2.12. The van der Waals surface area contributed by atoms with E-state index in [2.05, 4.69) is 38.2 Å². The van der Waals surface area contributed by atoms with Crippen LogP contribution >= 0.6 is 11.8 Å². The van der Waals surface area contributed by atoms with Gasteiger partial charge in [0.15, 0.2) is 0 Å². The molecule has 0 radical (unpaired) electrons. The molecule has 0 aliphatic carbocycles. The Morgan fingerprint density at radius 1 is 1.00 bits per heavy atom. The van der Waals surface area contributed by atoms with Gasteiger partial charge in [0.25, 0.3) is 0 Å². The number of alkyl halides is 6. The number of aliphatic carboxylic acids is 2. The van der Waals surface area contributed by atoms with Crippen LogP contribution in [0.25, 0.3) is 5.57 Å². The standard InChI is InChI=1S/C18H18N6S.2C2HF3O2/c1-23-8-10-24(11-9-23)18-20-7-6-14(22-18)13(12-19)17-21-15-4-2-3-5-16(15)25-17;2*3-2(4,5)1(6)7/h2-7,21H,8-11H2,1H3;2*(H,6,7)/b17-13+;;. The van der Waals surface area contributed by atoms with Crippen LogP contribution < -0.4 is 10.2 Å². The number of benzene rings is 1. The summed E-state index contributed by atoms with van der Waals surface area (Å²) in [5.74, 6) is -4.82. The predicted octanol–water partition coefficient (Wildman–Crippen LogP) is 3.90. The van der Waals surface area contributed by atoms with E-state index in [0.717, 1.165) is 41.8 Å². The summed E-state index contributed by atoms with van der Waals surface area (Å²) in [5, 5.41) is 28.1. The van der Waals surface area contributed by atoms with Crippen molar-refractivity contribution in [3.63, 3.8) is 0 Å². The molecular weight excluding hydrogens is 558 g/mol. The molecule has 0 amide bonds. The zero-order valence-corrected chi connectivity index (χ0v) is 20.7. The van der Waals surface area contributed by atoms with Crippen molar-refractivity contribution in [2.75, 3.05) is 43.4 Å². The minimum absolute atomic E-state index is 0.555. The number of fused-ring (bicyclic) bond motifs is 1. The van der Waals surface area contributed by atoms with Gasteiger partial charge < -0.3 is 25.3 Å². The number of anilines is 2. The fourth-order valence-electron chi connectivity index (χ4n) is 2.90. The fraction of sp³-hybridized carbons (Fsp3) is 0.318. The summed E-state index contributed by atoms with van der Waals surface area (Å²) in [6.45, 7) is 3.78. The van der Waals surface area contributed by atoms with Crippen LogP contribution in [0.1, 0.15) is 5.69 Å². The predicted molar refractivity (Wildman–Crippen MR) is 128 cm³/mol. The van der Waals surface area contributed by atoms with Gasteiger partial charge in [-0.3, -0.25) is 0 Å². The van der Waals surface area contributed by atoms with Crippen LogP contribution in [-0.4, -0.2) is 82.6 Å². The summed E-state index contributed by atoms with van der Waals surface area (Å²) in [4.78, 5) is 32.5. The molecule has 1 fully saturated rings. The first-order valence-electron chi connectivity index (χ1n) is 10.7. The lowest BCUT2D eigenvalue weighted by Crippen LogP contribution is -2.45. The van der Waals surface area contributed by atoms with E-state index in [1.54, 1.807) is 24.0 Å². The number of para-hydroxylation sites is 1. The van der Waals surface area contributed by atoms with Crippen LogP contribution in [0.2, 0.25) is 0 Å². The minimum atomic E-state index is -5.08. The summed E-state index contributed by atoms with van der Waals surface area (Å²) in [6, 6.07) is 12.2. The molecule has 3 heterocycles. The number of carboxylic acid groups (broad SMARTS) is 2. The number of nitrogens with zero attached hydrogens (tertiary/aromatic N) is 5. The lowest BCUT2D eigenvalue weighted by molar-refractivity contribution is -0.193. The van der Waals surface area contributed by atoms with Crippen LogP contribution in [0.4, 0.5) is 38.0 Å². The Bertz CT molecular complexity index is 1210. The Balaban J connectivity index is 0.000000317. The van der Waals surface area contributed by atoms with Crippen LogP contribution in [0.5, 0.6) is 0 Å². The second kappa shape index (κ2) is 13.2. The highest BCUT2D eigenvalue weighted by atomic mass is 32.2. The number of rotatable bonds is 2. The van der Waals surface area contributed by atoms with E-state index in [1.165, 1.54) is 0 Å². The van der Waals surface area contributed by atoms with Crippen LogP contribution in [-0.2, 0) is 9.59 Å². The summed E-state index contributed by atoms with van der Waals surface area (Å²) in [6.07, 6.45) is -8.43. The lowest BCUT2D eigenvalue weighted by Gasteiger charge is -2.32. The fourth-order valence-corrected chi connectivity index (χ4v) is 3.91. The molecule has 10 nitrogen and oxygen atoms in total. The van der Waals surface area contributed by atoms with Crippen LogP contribution in [0.3, 0.4) is 0 Å². The van der Waals surface area contributed by atoms with Crippen LogP contribution in [0.15, 0.2) is 46.5 Å². The van der Waals surface area contributed by atoms with Gasteiger partial charge in [-0.1, -0.05) is 23.9 Å². The van der Waals surface area contributed by atoms with Gasteiger partial charge in [0.1, 0.15) is 11.6 Å². The van der Waals surface area contributed by atoms with E-state index >= 15 is 0 Å². The molecule has 4 rings (SSSR count). The highest BCUT2D eigenvalue weighted by Crippen LogP contribution is 2.43. The molecule has 0 bridgehead atoms. The monoisotopic (exact) mass is 578 g/mol. The number of aromatic nitrogens is 2. The first-order valence-corrected chi connectivity index (χ1v) is 11.5. The minimum Gasteiger partial charge on any atom is -0.475 e. The molecular formula is C22H20F6N6O4S.